The molecule has 0 aliphatic heterocycles. The summed E-state index contributed by atoms with van der Waals surface area (Å²) in [5.41, 5.74) is 3.71. The maximum atomic E-state index is 9.78. The first kappa shape index (κ1) is 9.96. The van der Waals surface area contributed by atoms with E-state index in [0.717, 1.165) is 35.4 Å². The van der Waals surface area contributed by atoms with Gasteiger partial charge in [0.05, 0.1) is 5.69 Å². The largest absolute Gasteiger partial charge is 0.493 e. The average molecular weight is 205 g/mol. The van der Waals surface area contributed by atoms with Gasteiger partial charge in [0.15, 0.2) is 5.65 Å². The fourth-order valence-corrected chi connectivity index (χ4v) is 1.72. The van der Waals surface area contributed by atoms with Gasteiger partial charge in [-0.1, -0.05) is 13.8 Å². The molecule has 2 aromatic heterocycles. The minimum Gasteiger partial charge on any atom is -0.493 e. The third kappa shape index (κ3) is 1.46. The topological polar surface area (TPSA) is 50.4 Å². The highest BCUT2D eigenvalue weighted by molar-refractivity contribution is 5.51. The molecule has 0 unspecified atom stereocenters. The number of fused-ring (bicyclic) bond motifs is 1. The van der Waals surface area contributed by atoms with Gasteiger partial charge < -0.3 is 5.11 Å². The molecule has 0 aliphatic rings. The summed E-state index contributed by atoms with van der Waals surface area (Å²) in [6.07, 6.45) is 1.67. The molecule has 2 rings (SSSR count). The first-order valence-electron chi connectivity index (χ1n) is 5.24. The van der Waals surface area contributed by atoms with Crippen molar-refractivity contribution in [1.82, 2.24) is 14.6 Å². The molecule has 0 aliphatic carbocycles. The molecule has 4 heteroatoms. The Bertz CT molecular complexity index is 502. The second-order valence-corrected chi connectivity index (χ2v) is 3.62. The Hall–Kier alpha value is -1.58. The molecule has 4 nitrogen and oxygen atoms in total. The van der Waals surface area contributed by atoms with Gasteiger partial charge in [-0.3, -0.25) is 0 Å². The van der Waals surface area contributed by atoms with Crippen molar-refractivity contribution in [3.63, 3.8) is 0 Å². The van der Waals surface area contributed by atoms with Crippen molar-refractivity contribution in [1.29, 1.82) is 0 Å². The Morgan fingerprint density at radius 2 is 2.07 bits per heavy atom. The van der Waals surface area contributed by atoms with Gasteiger partial charge in [0.25, 0.3) is 0 Å². The maximum absolute atomic E-state index is 9.78. The molecule has 15 heavy (non-hydrogen) atoms. The molecule has 2 aromatic rings. The lowest BCUT2D eigenvalue weighted by molar-refractivity contribution is 0.433. The zero-order chi connectivity index (χ0) is 11.0. The zero-order valence-corrected chi connectivity index (χ0v) is 9.28. The number of rotatable bonds is 2. The van der Waals surface area contributed by atoms with E-state index in [0.29, 0.717) is 0 Å². The average Bonchev–Trinajstić information content (AvgIpc) is 2.56. The van der Waals surface area contributed by atoms with Crippen molar-refractivity contribution < 1.29 is 5.11 Å². The van der Waals surface area contributed by atoms with Crippen LogP contribution in [-0.2, 0) is 12.8 Å². The summed E-state index contributed by atoms with van der Waals surface area (Å²) in [6, 6.07) is 1.67. The van der Waals surface area contributed by atoms with Crippen LogP contribution in [0.3, 0.4) is 0 Å². The van der Waals surface area contributed by atoms with E-state index in [1.54, 1.807) is 6.07 Å². The van der Waals surface area contributed by atoms with Crippen LogP contribution in [0.2, 0.25) is 0 Å². The lowest BCUT2D eigenvalue weighted by Gasteiger charge is -2.00. The molecule has 80 valence electrons. The van der Waals surface area contributed by atoms with Crippen molar-refractivity contribution in [2.24, 2.45) is 0 Å². The summed E-state index contributed by atoms with van der Waals surface area (Å²) in [6.45, 7) is 6.06. The molecule has 0 radical (unpaired) electrons. The van der Waals surface area contributed by atoms with Crippen LogP contribution >= 0.6 is 0 Å². The Morgan fingerprint density at radius 3 is 2.67 bits per heavy atom. The van der Waals surface area contributed by atoms with Crippen molar-refractivity contribution >= 4 is 5.65 Å². The zero-order valence-electron chi connectivity index (χ0n) is 9.28. The second-order valence-electron chi connectivity index (χ2n) is 3.62. The monoisotopic (exact) mass is 205 g/mol. The summed E-state index contributed by atoms with van der Waals surface area (Å²) in [7, 11) is 0. The number of nitrogens with zero attached hydrogens (tertiary/aromatic N) is 3. The highest BCUT2D eigenvalue weighted by Crippen LogP contribution is 2.19. The first-order chi connectivity index (χ1) is 7.17. The molecule has 0 spiro atoms. The van der Waals surface area contributed by atoms with E-state index in [1.807, 2.05) is 20.8 Å². The molecule has 0 saturated heterocycles. The van der Waals surface area contributed by atoms with Gasteiger partial charge in [0.1, 0.15) is 0 Å². The Morgan fingerprint density at radius 1 is 1.33 bits per heavy atom. The quantitative estimate of drug-likeness (QED) is 0.814. The molecular formula is C11H15N3O. The van der Waals surface area contributed by atoms with Crippen LogP contribution in [0.1, 0.15) is 30.8 Å². The molecule has 0 saturated carbocycles. The minimum absolute atomic E-state index is 0.166. The van der Waals surface area contributed by atoms with Crippen molar-refractivity contribution in [2.45, 2.75) is 33.6 Å². The van der Waals surface area contributed by atoms with E-state index < -0.39 is 0 Å². The minimum atomic E-state index is 0.166. The summed E-state index contributed by atoms with van der Waals surface area (Å²) in [4.78, 5) is 4.46. The SMILES string of the molecule is CCc1cc(O)n2nc(CC)c(C)c2n1. The summed E-state index contributed by atoms with van der Waals surface area (Å²) in [5.74, 6) is 0.166. The molecule has 0 atom stereocenters. The van der Waals surface area contributed by atoms with Gasteiger partial charge >= 0.3 is 0 Å². The van der Waals surface area contributed by atoms with Crippen LogP contribution in [0.25, 0.3) is 5.65 Å². The number of hydrogen-bond acceptors (Lipinski definition) is 3. The van der Waals surface area contributed by atoms with E-state index in [9.17, 15) is 5.11 Å². The fraction of sp³-hybridized carbons (Fsp3) is 0.455. The van der Waals surface area contributed by atoms with Gasteiger partial charge in [-0.2, -0.15) is 9.61 Å². The normalized spacial score (nSPS) is 11.1. The predicted octanol–water partition coefficient (Wildman–Crippen LogP) is 1.87. The van der Waals surface area contributed by atoms with Gasteiger partial charge in [-0.25, -0.2) is 4.98 Å². The lowest BCUT2D eigenvalue weighted by Crippen LogP contribution is -1.95. The van der Waals surface area contributed by atoms with E-state index in [1.165, 1.54) is 4.52 Å². The Labute approximate surface area is 88.6 Å². The van der Waals surface area contributed by atoms with Crippen molar-refractivity contribution in [3.05, 3.63) is 23.0 Å². The van der Waals surface area contributed by atoms with Crippen LogP contribution in [0.15, 0.2) is 6.07 Å². The molecule has 1 N–H and O–H groups in total. The van der Waals surface area contributed by atoms with Gasteiger partial charge in [-0.15, -0.1) is 0 Å². The second kappa shape index (κ2) is 3.53. The van der Waals surface area contributed by atoms with E-state index >= 15 is 0 Å². The standard InChI is InChI=1S/C11H15N3O/c1-4-8-6-10(15)14-11(12-8)7(3)9(5-2)13-14/h6,15H,4-5H2,1-3H3. The molecule has 0 fully saturated rings. The molecule has 0 bridgehead atoms. The third-order valence-corrected chi connectivity index (χ3v) is 2.65. The molecular weight excluding hydrogens is 190 g/mol. The molecule has 0 aromatic carbocycles. The number of hydrogen-bond donors (Lipinski definition) is 1. The first-order valence-corrected chi connectivity index (χ1v) is 5.24. The van der Waals surface area contributed by atoms with Crippen LogP contribution in [-0.4, -0.2) is 19.7 Å². The van der Waals surface area contributed by atoms with Crippen LogP contribution in [0, 0.1) is 6.92 Å². The predicted molar refractivity (Wildman–Crippen MR) is 58.1 cm³/mol. The van der Waals surface area contributed by atoms with Crippen molar-refractivity contribution in [3.8, 4) is 5.88 Å². The fourth-order valence-electron chi connectivity index (χ4n) is 1.72. The lowest BCUT2D eigenvalue weighted by atomic mass is 10.2. The van der Waals surface area contributed by atoms with Crippen LogP contribution in [0.5, 0.6) is 5.88 Å². The van der Waals surface area contributed by atoms with E-state index in [2.05, 4.69) is 10.1 Å². The van der Waals surface area contributed by atoms with E-state index in [4.69, 9.17) is 0 Å². The van der Waals surface area contributed by atoms with Crippen LogP contribution in [0.4, 0.5) is 0 Å². The summed E-state index contributed by atoms with van der Waals surface area (Å²) in [5, 5.41) is 14.1. The van der Waals surface area contributed by atoms with E-state index in [-0.39, 0.29) is 5.88 Å². The number of aromatic nitrogens is 3. The Balaban J connectivity index is 2.77. The summed E-state index contributed by atoms with van der Waals surface area (Å²) < 4.78 is 1.51. The summed E-state index contributed by atoms with van der Waals surface area (Å²) >= 11 is 0. The van der Waals surface area contributed by atoms with Crippen molar-refractivity contribution in [2.75, 3.05) is 0 Å². The molecule has 0 amide bonds. The van der Waals surface area contributed by atoms with Gasteiger partial charge in [0.2, 0.25) is 5.88 Å². The van der Waals surface area contributed by atoms with Crippen LogP contribution < -0.4 is 0 Å². The van der Waals surface area contributed by atoms with Gasteiger partial charge in [0, 0.05) is 17.3 Å². The molecule has 2 heterocycles. The number of aromatic hydroxyl groups is 1. The maximum Gasteiger partial charge on any atom is 0.215 e. The number of aryl methyl sites for hydroxylation is 3. The smallest absolute Gasteiger partial charge is 0.215 e. The van der Waals surface area contributed by atoms with Gasteiger partial charge in [-0.05, 0) is 19.8 Å². The highest BCUT2D eigenvalue weighted by Gasteiger charge is 2.11. The third-order valence-electron chi connectivity index (χ3n) is 2.65. The Kier molecular flexibility index (Phi) is 2.34. The highest BCUT2D eigenvalue weighted by atomic mass is 16.3.